The Balaban J connectivity index is 1.74. The lowest BCUT2D eigenvalue weighted by Gasteiger charge is -2.03. The summed E-state index contributed by atoms with van der Waals surface area (Å²) in [6.45, 7) is 0. The highest BCUT2D eigenvalue weighted by molar-refractivity contribution is 9.10. The second-order valence-electron chi connectivity index (χ2n) is 5.06. The molecule has 2 N–H and O–H groups in total. The number of halogens is 1. The summed E-state index contributed by atoms with van der Waals surface area (Å²) in [6.07, 6.45) is 1.48. The minimum Gasteiger partial charge on any atom is -0.496 e. The van der Waals surface area contributed by atoms with E-state index in [9.17, 15) is 9.59 Å². The van der Waals surface area contributed by atoms with Gasteiger partial charge in [0.15, 0.2) is 0 Å². The van der Waals surface area contributed by atoms with Crippen LogP contribution in [-0.4, -0.2) is 29.2 Å². The monoisotopic (exact) mass is 432 g/mol. The van der Waals surface area contributed by atoms with Gasteiger partial charge in [0.1, 0.15) is 11.4 Å². The zero-order chi connectivity index (χ0) is 18.5. The molecule has 7 nitrogen and oxygen atoms in total. The van der Waals surface area contributed by atoms with E-state index in [1.54, 1.807) is 25.3 Å². The Bertz CT molecular complexity index is 1020. The first kappa shape index (κ1) is 18.0. The van der Waals surface area contributed by atoms with Crippen molar-refractivity contribution in [3.63, 3.8) is 0 Å². The van der Waals surface area contributed by atoms with Crippen molar-refractivity contribution in [1.29, 1.82) is 0 Å². The summed E-state index contributed by atoms with van der Waals surface area (Å²) in [5, 5.41) is 5.78. The van der Waals surface area contributed by atoms with Gasteiger partial charge < -0.3 is 9.72 Å². The van der Waals surface area contributed by atoms with Crippen LogP contribution in [0.3, 0.4) is 0 Å². The molecule has 2 aromatic heterocycles. The zero-order valence-electron chi connectivity index (χ0n) is 13.5. The van der Waals surface area contributed by atoms with E-state index in [2.05, 4.69) is 36.4 Å². The predicted octanol–water partition coefficient (Wildman–Crippen LogP) is 3.03. The van der Waals surface area contributed by atoms with Gasteiger partial charge in [0.2, 0.25) is 0 Å². The van der Waals surface area contributed by atoms with Gasteiger partial charge in [-0.3, -0.25) is 4.79 Å². The highest BCUT2D eigenvalue weighted by atomic mass is 79.9. The van der Waals surface area contributed by atoms with E-state index in [1.165, 1.54) is 23.6 Å². The number of benzene rings is 1. The van der Waals surface area contributed by atoms with Gasteiger partial charge in [0.25, 0.3) is 5.91 Å². The molecule has 9 heteroatoms. The minimum absolute atomic E-state index is 0.00906. The fourth-order valence-electron chi connectivity index (χ4n) is 2.12. The van der Waals surface area contributed by atoms with E-state index < -0.39 is 11.6 Å². The molecule has 26 heavy (non-hydrogen) atoms. The van der Waals surface area contributed by atoms with Crippen LogP contribution in [0.25, 0.3) is 10.6 Å². The van der Waals surface area contributed by atoms with Crippen LogP contribution in [0.1, 0.15) is 16.1 Å². The van der Waals surface area contributed by atoms with Gasteiger partial charge in [0.05, 0.1) is 28.4 Å². The Hall–Kier alpha value is -2.78. The largest absolute Gasteiger partial charge is 0.496 e. The van der Waals surface area contributed by atoms with Crippen LogP contribution in [0.2, 0.25) is 0 Å². The van der Waals surface area contributed by atoms with Crippen molar-refractivity contribution in [2.75, 3.05) is 7.11 Å². The van der Waals surface area contributed by atoms with Crippen LogP contribution >= 0.6 is 27.3 Å². The Labute approximate surface area is 160 Å². The standard InChI is InChI=1S/C17H13BrN4O3S/c1-25-14-5-4-10(7-11(14)18)9-19-22-16(23)13-8-12(20-17(24)21-13)15-3-2-6-26-15/h2-9H,1H3,(H,22,23)(H,20,21,24)/b19-9+. The number of nitrogens with zero attached hydrogens (tertiary/aromatic N) is 2. The first-order chi connectivity index (χ1) is 12.6. The SMILES string of the molecule is COc1ccc(/C=N/NC(=O)c2cc(-c3cccs3)[nH]c(=O)n2)cc1Br. The molecule has 0 saturated heterocycles. The summed E-state index contributed by atoms with van der Waals surface area (Å²) in [6, 6.07) is 10.6. The second kappa shape index (κ2) is 8.07. The molecule has 3 rings (SSSR count). The number of carbonyl (C=O) groups excluding carboxylic acids is 1. The molecule has 0 aliphatic heterocycles. The molecule has 0 fully saturated rings. The number of aromatic amines is 1. The maximum atomic E-state index is 12.2. The van der Waals surface area contributed by atoms with Gasteiger partial charge >= 0.3 is 5.69 Å². The molecule has 1 aromatic carbocycles. The van der Waals surface area contributed by atoms with Gasteiger partial charge in [0, 0.05) is 0 Å². The smallest absolute Gasteiger partial charge is 0.346 e. The maximum absolute atomic E-state index is 12.2. The highest BCUT2D eigenvalue weighted by Crippen LogP contribution is 2.25. The lowest BCUT2D eigenvalue weighted by Crippen LogP contribution is -2.24. The average molecular weight is 433 g/mol. The lowest BCUT2D eigenvalue weighted by molar-refractivity contribution is 0.0949. The van der Waals surface area contributed by atoms with E-state index in [0.29, 0.717) is 11.4 Å². The molecule has 1 amide bonds. The van der Waals surface area contributed by atoms with Gasteiger partial charge in [-0.1, -0.05) is 6.07 Å². The molecular weight excluding hydrogens is 420 g/mol. The molecule has 0 aliphatic carbocycles. The third kappa shape index (κ3) is 4.24. The van der Waals surface area contributed by atoms with E-state index in [4.69, 9.17) is 4.74 Å². The quantitative estimate of drug-likeness (QED) is 0.478. The molecule has 132 valence electrons. The Morgan fingerprint density at radius 1 is 1.38 bits per heavy atom. The predicted molar refractivity (Wildman–Crippen MR) is 104 cm³/mol. The van der Waals surface area contributed by atoms with Crippen LogP contribution in [0.15, 0.2) is 56.1 Å². The van der Waals surface area contributed by atoms with Gasteiger partial charge in [-0.25, -0.2) is 10.2 Å². The van der Waals surface area contributed by atoms with Crippen LogP contribution in [0.4, 0.5) is 0 Å². The fourth-order valence-corrected chi connectivity index (χ4v) is 3.38. The molecule has 0 atom stereocenters. The van der Waals surface area contributed by atoms with Crippen molar-refractivity contribution < 1.29 is 9.53 Å². The average Bonchev–Trinajstić information content (AvgIpc) is 3.16. The summed E-state index contributed by atoms with van der Waals surface area (Å²) in [4.78, 5) is 31.1. The summed E-state index contributed by atoms with van der Waals surface area (Å²) in [5.74, 6) is 0.123. The van der Waals surface area contributed by atoms with Crippen LogP contribution in [-0.2, 0) is 0 Å². The van der Waals surface area contributed by atoms with Gasteiger partial charge in [-0.15, -0.1) is 11.3 Å². The number of aromatic nitrogens is 2. The Morgan fingerprint density at radius 2 is 2.23 bits per heavy atom. The molecule has 0 saturated carbocycles. The van der Waals surface area contributed by atoms with E-state index in [0.717, 1.165) is 14.9 Å². The number of ether oxygens (including phenoxy) is 1. The molecule has 0 aliphatic rings. The first-order valence-corrected chi connectivity index (χ1v) is 9.06. The van der Waals surface area contributed by atoms with Crippen molar-refractivity contribution in [1.82, 2.24) is 15.4 Å². The maximum Gasteiger partial charge on any atom is 0.346 e. The lowest BCUT2D eigenvalue weighted by atomic mass is 10.2. The van der Waals surface area contributed by atoms with Crippen LogP contribution < -0.4 is 15.9 Å². The van der Waals surface area contributed by atoms with Crippen LogP contribution in [0, 0.1) is 0 Å². The number of methoxy groups -OCH3 is 1. The number of H-pyrrole nitrogens is 1. The molecule has 3 aromatic rings. The normalized spacial score (nSPS) is 10.8. The number of thiophene rings is 1. The van der Waals surface area contributed by atoms with Crippen molar-refractivity contribution >= 4 is 39.4 Å². The number of hydrogen-bond donors (Lipinski definition) is 2. The molecule has 2 heterocycles. The highest BCUT2D eigenvalue weighted by Gasteiger charge is 2.11. The third-order valence-corrected chi connectivity index (χ3v) is 4.84. The molecular formula is C17H13BrN4O3S. The van der Waals surface area contributed by atoms with Gasteiger partial charge in [-0.05, 0) is 57.2 Å². The first-order valence-electron chi connectivity index (χ1n) is 7.39. The molecule has 0 unspecified atom stereocenters. The minimum atomic E-state index is -0.593. The Morgan fingerprint density at radius 3 is 2.92 bits per heavy atom. The molecule has 0 radical (unpaired) electrons. The van der Waals surface area contributed by atoms with Gasteiger partial charge in [-0.2, -0.15) is 10.1 Å². The van der Waals surface area contributed by atoms with E-state index in [-0.39, 0.29) is 5.69 Å². The summed E-state index contributed by atoms with van der Waals surface area (Å²) >= 11 is 4.83. The van der Waals surface area contributed by atoms with Crippen molar-refractivity contribution in [3.8, 4) is 16.3 Å². The van der Waals surface area contributed by atoms with E-state index in [1.807, 2.05) is 17.5 Å². The van der Waals surface area contributed by atoms with Crippen molar-refractivity contribution in [3.05, 3.63) is 68.0 Å². The number of rotatable bonds is 5. The zero-order valence-corrected chi connectivity index (χ0v) is 15.9. The number of nitrogens with one attached hydrogen (secondary N) is 2. The van der Waals surface area contributed by atoms with Crippen molar-refractivity contribution in [2.45, 2.75) is 0 Å². The van der Waals surface area contributed by atoms with Crippen molar-refractivity contribution in [2.24, 2.45) is 5.10 Å². The summed E-state index contributed by atoms with van der Waals surface area (Å²) in [7, 11) is 1.58. The number of hydrazone groups is 1. The van der Waals surface area contributed by atoms with Crippen LogP contribution in [0.5, 0.6) is 5.75 Å². The molecule has 0 spiro atoms. The number of amides is 1. The molecule has 0 bridgehead atoms. The topological polar surface area (TPSA) is 96.4 Å². The second-order valence-corrected chi connectivity index (χ2v) is 6.86. The number of hydrogen-bond acceptors (Lipinski definition) is 6. The third-order valence-electron chi connectivity index (χ3n) is 3.32. The summed E-state index contributed by atoms with van der Waals surface area (Å²) < 4.78 is 5.92. The number of carbonyl (C=O) groups is 1. The fraction of sp³-hybridized carbons (Fsp3) is 0.0588. The Kier molecular flexibility index (Phi) is 5.59. The summed E-state index contributed by atoms with van der Waals surface area (Å²) in [5.41, 5.74) is 3.06. The van der Waals surface area contributed by atoms with E-state index >= 15 is 0 Å².